The molecule has 0 unspecified atom stereocenters. The molecule has 0 bridgehead atoms. The van der Waals surface area contributed by atoms with E-state index in [9.17, 15) is 4.79 Å². The third kappa shape index (κ3) is 2.08. The summed E-state index contributed by atoms with van der Waals surface area (Å²) >= 11 is 1.79. The summed E-state index contributed by atoms with van der Waals surface area (Å²) in [6.07, 6.45) is 0.824. The van der Waals surface area contributed by atoms with Crippen LogP contribution in [0.25, 0.3) is 0 Å². The first kappa shape index (κ1) is 12.4. The Bertz CT molecular complexity index is 617. The van der Waals surface area contributed by atoms with Gasteiger partial charge in [-0.15, -0.1) is 11.3 Å². The molecule has 2 heterocycles. The number of benzene rings is 1. The minimum atomic E-state index is -0.00537. The molecule has 2 aromatic rings. The lowest BCUT2D eigenvalue weighted by Crippen LogP contribution is -2.28. The van der Waals surface area contributed by atoms with Gasteiger partial charge in [0.1, 0.15) is 0 Å². The molecule has 0 aliphatic carbocycles. The van der Waals surface area contributed by atoms with E-state index >= 15 is 0 Å². The Morgan fingerprint density at radius 2 is 2.00 bits per heavy atom. The maximum Gasteiger partial charge on any atom is 0.234 e. The molecule has 3 rings (SSSR count). The summed E-state index contributed by atoms with van der Waals surface area (Å²) in [5, 5.41) is 0. The molecule has 0 spiro atoms. The number of amides is 1. The lowest BCUT2D eigenvalue weighted by atomic mass is 9.97. The predicted octanol–water partition coefficient (Wildman–Crippen LogP) is 3.75. The van der Waals surface area contributed by atoms with Crippen LogP contribution < -0.4 is 4.90 Å². The standard InChI is InChI=1S/C16H17NOS/c1-3-17-15-7-5-4-6-13(15)14(16(17)18)10-12-9-8-11(2)19-12/h4-9,14H,3,10H2,1-2H3/t14-/m1/s1. The summed E-state index contributed by atoms with van der Waals surface area (Å²) in [4.78, 5) is 17.0. The van der Waals surface area contributed by atoms with Crippen molar-refractivity contribution in [2.24, 2.45) is 0 Å². The summed E-state index contributed by atoms with van der Waals surface area (Å²) in [5.74, 6) is 0.240. The third-order valence-electron chi connectivity index (χ3n) is 3.68. The maximum absolute atomic E-state index is 12.5. The van der Waals surface area contributed by atoms with Crippen LogP contribution in [0, 0.1) is 6.92 Å². The number of para-hydroxylation sites is 1. The number of thiophene rings is 1. The van der Waals surface area contributed by atoms with Crippen LogP contribution in [0.15, 0.2) is 36.4 Å². The molecule has 0 fully saturated rings. The first-order chi connectivity index (χ1) is 9.20. The van der Waals surface area contributed by atoms with Crippen LogP contribution in [0.5, 0.6) is 0 Å². The van der Waals surface area contributed by atoms with E-state index in [0.717, 1.165) is 18.7 Å². The first-order valence-electron chi connectivity index (χ1n) is 6.66. The Morgan fingerprint density at radius 1 is 1.21 bits per heavy atom. The van der Waals surface area contributed by atoms with Gasteiger partial charge < -0.3 is 4.90 Å². The number of nitrogens with zero attached hydrogens (tertiary/aromatic N) is 1. The van der Waals surface area contributed by atoms with Gasteiger partial charge in [0.15, 0.2) is 0 Å². The van der Waals surface area contributed by atoms with Gasteiger partial charge in [0.05, 0.1) is 5.92 Å². The molecule has 19 heavy (non-hydrogen) atoms. The van der Waals surface area contributed by atoms with E-state index in [1.807, 2.05) is 24.0 Å². The van der Waals surface area contributed by atoms with E-state index in [1.165, 1.54) is 15.3 Å². The monoisotopic (exact) mass is 271 g/mol. The highest BCUT2D eigenvalue weighted by Gasteiger charge is 2.36. The van der Waals surface area contributed by atoms with Crippen molar-refractivity contribution in [2.75, 3.05) is 11.4 Å². The molecule has 3 heteroatoms. The molecule has 1 aromatic heterocycles. The summed E-state index contributed by atoms with van der Waals surface area (Å²) in [6, 6.07) is 12.4. The number of carbonyl (C=O) groups excluding carboxylic acids is 1. The quantitative estimate of drug-likeness (QED) is 0.832. The fraction of sp³-hybridized carbons (Fsp3) is 0.312. The van der Waals surface area contributed by atoms with Gasteiger partial charge in [0.2, 0.25) is 5.91 Å². The van der Waals surface area contributed by atoms with Gasteiger partial charge in [-0.2, -0.15) is 0 Å². The lowest BCUT2D eigenvalue weighted by molar-refractivity contribution is -0.119. The zero-order valence-electron chi connectivity index (χ0n) is 11.2. The molecule has 0 N–H and O–H groups in total. The summed E-state index contributed by atoms with van der Waals surface area (Å²) in [7, 11) is 0. The number of aryl methyl sites for hydroxylation is 1. The SMILES string of the molecule is CCN1C(=O)[C@H](Cc2ccc(C)s2)c2ccccc21. The van der Waals surface area contributed by atoms with Crippen LogP contribution in [0.1, 0.15) is 28.2 Å². The van der Waals surface area contributed by atoms with E-state index in [2.05, 4.69) is 31.2 Å². The van der Waals surface area contributed by atoms with Crippen molar-refractivity contribution in [1.29, 1.82) is 0 Å². The predicted molar refractivity (Wildman–Crippen MR) is 80.0 cm³/mol. The van der Waals surface area contributed by atoms with Gasteiger partial charge in [0.25, 0.3) is 0 Å². The van der Waals surface area contributed by atoms with Crippen LogP contribution in [-0.2, 0) is 11.2 Å². The van der Waals surface area contributed by atoms with Gasteiger partial charge in [-0.25, -0.2) is 0 Å². The molecule has 0 radical (unpaired) electrons. The maximum atomic E-state index is 12.5. The van der Waals surface area contributed by atoms with Crippen LogP contribution in [0.3, 0.4) is 0 Å². The van der Waals surface area contributed by atoms with Crippen molar-refractivity contribution in [3.8, 4) is 0 Å². The fourth-order valence-electron chi connectivity index (χ4n) is 2.79. The topological polar surface area (TPSA) is 20.3 Å². The average molecular weight is 271 g/mol. The number of carbonyl (C=O) groups is 1. The molecule has 1 aliphatic heterocycles. The Labute approximate surface area is 117 Å². The van der Waals surface area contributed by atoms with E-state index in [0.29, 0.717) is 0 Å². The molecule has 1 aliphatic rings. The number of anilines is 1. The van der Waals surface area contributed by atoms with Gasteiger partial charge in [-0.05, 0) is 44.0 Å². The van der Waals surface area contributed by atoms with Crippen molar-refractivity contribution in [1.82, 2.24) is 0 Å². The third-order valence-corrected chi connectivity index (χ3v) is 4.71. The Kier molecular flexibility index (Phi) is 3.15. The minimum Gasteiger partial charge on any atom is -0.312 e. The van der Waals surface area contributed by atoms with Crippen LogP contribution in [0.4, 0.5) is 5.69 Å². The lowest BCUT2D eigenvalue weighted by Gasteiger charge is -2.14. The van der Waals surface area contributed by atoms with Crippen molar-refractivity contribution >= 4 is 22.9 Å². The van der Waals surface area contributed by atoms with Gasteiger partial charge in [-0.1, -0.05) is 18.2 Å². The van der Waals surface area contributed by atoms with Crippen LogP contribution >= 0.6 is 11.3 Å². The first-order valence-corrected chi connectivity index (χ1v) is 7.48. The zero-order valence-corrected chi connectivity index (χ0v) is 12.0. The number of hydrogen-bond donors (Lipinski definition) is 0. The molecule has 0 saturated heterocycles. The van der Waals surface area contributed by atoms with E-state index in [4.69, 9.17) is 0 Å². The molecule has 1 amide bonds. The summed E-state index contributed by atoms with van der Waals surface area (Å²) in [5.41, 5.74) is 2.27. The largest absolute Gasteiger partial charge is 0.312 e. The van der Waals surface area contributed by atoms with Gasteiger partial charge >= 0.3 is 0 Å². The van der Waals surface area contributed by atoms with Gasteiger partial charge in [0, 0.05) is 22.0 Å². The summed E-state index contributed by atoms with van der Waals surface area (Å²) in [6.45, 7) is 4.89. The van der Waals surface area contributed by atoms with Gasteiger partial charge in [-0.3, -0.25) is 4.79 Å². The van der Waals surface area contributed by atoms with Crippen LogP contribution in [-0.4, -0.2) is 12.5 Å². The molecule has 1 atom stereocenters. The number of likely N-dealkylation sites (N-methyl/N-ethyl adjacent to an activating group) is 1. The highest BCUT2D eigenvalue weighted by molar-refractivity contribution is 7.11. The second-order valence-corrected chi connectivity index (χ2v) is 6.28. The second kappa shape index (κ2) is 4.82. The molecule has 0 saturated carbocycles. The highest BCUT2D eigenvalue weighted by atomic mass is 32.1. The van der Waals surface area contributed by atoms with E-state index in [1.54, 1.807) is 11.3 Å². The zero-order chi connectivity index (χ0) is 13.4. The summed E-state index contributed by atoms with van der Waals surface area (Å²) < 4.78 is 0. The van der Waals surface area contributed by atoms with Crippen molar-refractivity contribution < 1.29 is 4.79 Å². The van der Waals surface area contributed by atoms with Crippen molar-refractivity contribution in [3.05, 3.63) is 51.7 Å². The molecular formula is C16H17NOS. The fourth-order valence-corrected chi connectivity index (χ4v) is 3.72. The van der Waals surface area contributed by atoms with Crippen molar-refractivity contribution in [2.45, 2.75) is 26.2 Å². The molecule has 1 aromatic carbocycles. The molecule has 98 valence electrons. The van der Waals surface area contributed by atoms with Crippen molar-refractivity contribution in [3.63, 3.8) is 0 Å². The number of fused-ring (bicyclic) bond motifs is 1. The highest BCUT2D eigenvalue weighted by Crippen LogP contribution is 2.39. The normalized spacial score (nSPS) is 17.9. The smallest absolute Gasteiger partial charge is 0.234 e. The molecule has 2 nitrogen and oxygen atoms in total. The minimum absolute atomic E-state index is 0.00537. The average Bonchev–Trinajstić information content (AvgIpc) is 2.93. The second-order valence-electron chi connectivity index (χ2n) is 4.91. The number of hydrogen-bond acceptors (Lipinski definition) is 2. The Hall–Kier alpha value is -1.61. The Morgan fingerprint density at radius 3 is 2.68 bits per heavy atom. The van der Waals surface area contributed by atoms with E-state index < -0.39 is 0 Å². The molecular weight excluding hydrogens is 254 g/mol. The number of rotatable bonds is 3. The van der Waals surface area contributed by atoms with E-state index in [-0.39, 0.29) is 11.8 Å². The Balaban J connectivity index is 1.95. The van der Waals surface area contributed by atoms with Crippen LogP contribution in [0.2, 0.25) is 0 Å².